The highest BCUT2D eigenvalue weighted by molar-refractivity contribution is 14.1. The SMILES string of the molecule is FC(F)(F)c1c[c]([Mg][I])cc(C(F)(F)F)c1. The van der Waals surface area contributed by atoms with Gasteiger partial charge in [-0.15, -0.1) is 0 Å². The van der Waals surface area contributed by atoms with Crippen LogP contribution in [0.1, 0.15) is 11.1 Å². The van der Waals surface area contributed by atoms with Gasteiger partial charge in [0.25, 0.3) is 0 Å². The Labute approximate surface area is 106 Å². The summed E-state index contributed by atoms with van der Waals surface area (Å²) in [5.41, 5.74) is -2.47. The summed E-state index contributed by atoms with van der Waals surface area (Å²) < 4.78 is 74.0. The summed E-state index contributed by atoms with van der Waals surface area (Å²) in [5, 5.41) is 0. The van der Waals surface area contributed by atoms with E-state index in [-0.39, 0.29) is 9.76 Å². The van der Waals surface area contributed by atoms with Gasteiger partial charge in [-0.3, -0.25) is 18.9 Å². The van der Waals surface area contributed by atoms with Crippen molar-refractivity contribution in [1.82, 2.24) is 0 Å². The maximum Gasteiger partial charge on any atom is 0.502 e. The van der Waals surface area contributed by atoms with Gasteiger partial charge in [0.15, 0.2) is 0 Å². The highest BCUT2D eigenvalue weighted by Crippen LogP contribution is 2.34. The Hall–Kier alpha value is 0.296. The molecule has 0 aliphatic rings. The standard InChI is InChI=1S/C8H3F6.HI.Mg/c9-7(10,11)5-2-1-3-6(4-5)8(12,13)14;;/h2-4H;1H;/q;;+1/p-1. The highest BCUT2D eigenvalue weighted by Gasteiger charge is 2.36. The molecule has 0 atom stereocenters. The molecule has 0 aromatic heterocycles. The Morgan fingerprint density at radius 1 is 0.812 bits per heavy atom. The number of rotatable bonds is 1. The molecule has 1 rings (SSSR count). The van der Waals surface area contributed by atoms with Crippen LogP contribution in [0.4, 0.5) is 26.3 Å². The molecule has 0 nitrogen and oxygen atoms in total. The molecule has 0 fully saturated rings. The molecule has 0 aliphatic carbocycles. The number of benzene rings is 1. The second-order valence-corrected chi connectivity index (χ2v) is 6.42. The first kappa shape index (κ1) is 14.4. The molecule has 86 valence electrons. The Morgan fingerprint density at radius 3 is 1.44 bits per heavy atom. The molecule has 0 heterocycles. The van der Waals surface area contributed by atoms with E-state index in [4.69, 9.17) is 0 Å². The first-order valence-electron chi connectivity index (χ1n) is 3.99. The average molecular weight is 364 g/mol. The molecule has 0 bridgehead atoms. The zero-order valence-corrected chi connectivity index (χ0v) is 11.2. The normalized spacial score (nSPS) is 12.4. The maximum atomic E-state index is 12.3. The molecule has 0 saturated heterocycles. The van der Waals surface area contributed by atoms with Gasteiger partial charge in [0, 0.05) is 0 Å². The van der Waals surface area contributed by atoms with Gasteiger partial charge < -0.3 is 0 Å². The highest BCUT2D eigenvalue weighted by atomic mass is 127. The van der Waals surface area contributed by atoms with Gasteiger partial charge in [0.05, 0.1) is 11.1 Å². The Morgan fingerprint density at radius 2 is 1.19 bits per heavy atom. The predicted octanol–water partition coefficient (Wildman–Crippen LogP) is 3.40. The van der Waals surface area contributed by atoms with E-state index in [9.17, 15) is 26.3 Å². The molecular formula is C8H3F6IMg. The van der Waals surface area contributed by atoms with E-state index >= 15 is 0 Å². The van der Waals surface area contributed by atoms with Gasteiger partial charge in [-0.05, 0) is 6.07 Å². The molecule has 8 heteroatoms. The summed E-state index contributed by atoms with van der Waals surface area (Å²) in [6.45, 7) is 0. The third kappa shape index (κ3) is 3.66. The number of hydrogen-bond donors (Lipinski definition) is 0. The third-order valence-electron chi connectivity index (χ3n) is 1.80. The van der Waals surface area contributed by atoms with E-state index in [1.165, 1.54) is 0 Å². The van der Waals surface area contributed by atoms with Crippen LogP contribution in [-0.2, 0) is 12.4 Å². The van der Waals surface area contributed by atoms with Crippen molar-refractivity contribution in [1.29, 1.82) is 0 Å². The summed E-state index contributed by atoms with van der Waals surface area (Å²) in [6, 6.07) is 1.71. The minimum Gasteiger partial charge on any atom is -0.291 e. The fraction of sp³-hybridized carbons (Fsp3) is 0.250. The van der Waals surface area contributed by atoms with E-state index in [2.05, 4.69) is 0 Å². The van der Waals surface area contributed by atoms with Crippen LogP contribution in [0, 0.1) is 0 Å². The van der Waals surface area contributed by atoms with Crippen molar-refractivity contribution in [2.24, 2.45) is 0 Å². The monoisotopic (exact) mass is 364 g/mol. The lowest BCUT2D eigenvalue weighted by molar-refractivity contribution is -0.142. The summed E-state index contributed by atoms with van der Waals surface area (Å²) in [4.78, 5) is 0. The fourth-order valence-electron chi connectivity index (χ4n) is 1.10. The van der Waals surface area contributed by atoms with Gasteiger partial charge in [0.2, 0.25) is 0 Å². The second-order valence-electron chi connectivity index (χ2n) is 3.05. The van der Waals surface area contributed by atoms with Gasteiger partial charge in [-0.1, -0.05) is 12.1 Å². The Bertz CT molecular complexity index is 351. The van der Waals surface area contributed by atoms with E-state index < -0.39 is 40.0 Å². The molecule has 0 amide bonds. The summed E-state index contributed by atoms with van der Waals surface area (Å²) in [6.07, 6.45) is -9.48. The Balaban J connectivity index is 3.33. The lowest BCUT2D eigenvalue weighted by Crippen LogP contribution is -2.19. The topological polar surface area (TPSA) is 0 Å². The van der Waals surface area contributed by atoms with Crippen molar-refractivity contribution >= 4 is 39.0 Å². The van der Waals surface area contributed by atoms with Crippen LogP contribution in [0.25, 0.3) is 0 Å². The van der Waals surface area contributed by atoms with Gasteiger partial charge in [0.1, 0.15) is 0 Å². The van der Waals surface area contributed by atoms with Gasteiger partial charge in [-0.2, -0.15) is 30.0 Å². The van der Waals surface area contributed by atoms with Crippen molar-refractivity contribution < 1.29 is 26.3 Å². The lowest BCUT2D eigenvalue weighted by Gasteiger charge is -2.13. The zero-order chi connectivity index (χ0) is 12.6. The van der Waals surface area contributed by atoms with Crippen molar-refractivity contribution in [3.05, 3.63) is 29.3 Å². The van der Waals surface area contributed by atoms with E-state index in [0.29, 0.717) is 0 Å². The van der Waals surface area contributed by atoms with Crippen LogP contribution in [0.15, 0.2) is 18.2 Å². The lowest BCUT2D eigenvalue weighted by atomic mass is 10.1. The van der Waals surface area contributed by atoms with Crippen LogP contribution < -0.4 is 3.69 Å². The van der Waals surface area contributed by atoms with Crippen molar-refractivity contribution in [2.75, 3.05) is 0 Å². The van der Waals surface area contributed by atoms with Crippen LogP contribution in [0.2, 0.25) is 0 Å². The zero-order valence-electron chi connectivity index (χ0n) is 7.58. The molecule has 1 aromatic carbocycles. The average Bonchev–Trinajstić information content (AvgIpc) is 2.14. The summed E-state index contributed by atoms with van der Waals surface area (Å²) in [5.74, 6) is 0. The molecule has 0 unspecified atom stereocenters. The van der Waals surface area contributed by atoms with Crippen LogP contribution in [0.3, 0.4) is 0 Å². The van der Waals surface area contributed by atoms with Crippen LogP contribution >= 0.6 is 18.9 Å². The predicted molar refractivity (Wildman–Crippen MR) is 55.9 cm³/mol. The third-order valence-corrected chi connectivity index (χ3v) is 5.16. The summed E-state index contributed by atoms with van der Waals surface area (Å²) >= 11 is 0.750. The van der Waals surface area contributed by atoms with Gasteiger partial charge >= 0.3 is 28.8 Å². The molecule has 0 N–H and O–H groups in total. The first-order valence-corrected chi connectivity index (χ1v) is 9.81. The van der Waals surface area contributed by atoms with E-state index in [1.807, 2.05) is 18.9 Å². The minimum atomic E-state index is -4.74. The quantitative estimate of drug-likeness (QED) is 0.407. The maximum absolute atomic E-state index is 12.3. The number of alkyl halides is 6. The van der Waals surface area contributed by atoms with Crippen molar-refractivity contribution in [3.8, 4) is 0 Å². The molecule has 16 heavy (non-hydrogen) atoms. The van der Waals surface area contributed by atoms with Crippen LogP contribution in [-0.4, -0.2) is 16.5 Å². The molecule has 0 radical (unpaired) electrons. The van der Waals surface area contributed by atoms with Crippen molar-refractivity contribution in [3.63, 3.8) is 0 Å². The molecule has 0 saturated carbocycles. The smallest absolute Gasteiger partial charge is 0.291 e. The van der Waals surface area contributed by atoms with Crippen molar-refractivity contribution in [2.45, 2.75) is 12.4 Å². The van der Waals surface area contributed by atoms with E-state index in [1.54, 1.807) is 0 Å². The largest absolute Gasteiger partial charge is 0.502 e. The fourth-order valence-corrected chi connectivity index (χ4v) is 3.01. The molecule has 0 spiro atoms. The summed E-state index contributed by atoms with van der Waals surface area (Å²) in [7, 11) is 0. The minimum absolute atomic E-state index is 0.141. The first-order chi connectivity index (χ1) is 7.14. The van der Waals surface area contributed by atoms with E-state index in [0.717, 1.165) is 12.1 Å². The van der Waals surface area contributed by atoms with Gasteiger partial charge in [-0.25, -0.2) is 0 Å². The molecule has 0 aliphatic heterocycles. The molecular weight excluding hydrogens is 361 g/mol. The van der Waals surface area contributed by atoms with Crippen LogP contribution in [0.5, 0.6) is 0 Å². The molecule has 1 aromatic rings. The number of halogens is 7. The second kappa shape index (κ2) is 4.89. The number of hydrogen-bond acceptors (Lipinski definition) is 0. The Kier molecular flexibility index (Phi) is 4.38.